The summed E-state index contributed by atoms with van der Waals surface area (Å²) in [6.45, 7) is 1.23. The van der Waals surface area contributed by atoms with Crippen molar-refractivity contribution in [2.45, 2.75) is 25.6 Å². The molecule has 1 aliphatic heterocycles. The summed E-state index contributed by atoms with van der Waals surface area (Å²) in [7, 11) is 0. The van der Waals surface area contributed by atoms with Gasteiger partial charge >= 0.3 is 5.97 Å². The van der Waals surface area contributed by atoms with Gasteiger partial charge in [0.25, 0.3) is 0 Å². The molecule has 0 aliphatic carbocycles. The van der Waals surface area contributed by atoms with Crippen LogP contribution in [-0.4, -0.2) is 30.3 Å². The van der Waals surface area contributed by atoms with E-state index in [1.807, 2.05) is 36.4 Å². The SMILES string of the molecule is O=C(OCc1ncc(-c2ccccc2)o1)c1cccc(OC[C@@H]2CCCO2)c1. The summed E-state index contributed by atoms with van der Waals surface area (Å²) < 4.78 is 22.2. The number of esters is 1. The zero-order valence-electron chi connectivity index (χ0n) is 15.4. The van der Waals surface area contributed by atoms with Gasteiger partial charge in [0.05, 0.1) is 17.9 Å². The molecule has 0 spiro atoms. The van der Waals surface area contributed by atoms with Gasteiger partial charge in [-0.1, -0.05) is 36.4 Å². The molecule has 0 unspecified atom stereocenters. The lowest BCUT2D eigenvalue weighted by Crippen LogP contribution is -2.16. The zero-order chi connectivity index (χ0) is 19.2. The fourth-order valence-corrected chi connectivity index (χ4v) is 3.00. The lowest BCUT2D eigenvalue weighted by Gasteiger charge is -2.12. The molecule has 144 valence electrons. The van der Waals surface area contributed by atoms with Crippen molar-refractivity contribution in [3.05, 3.63) is 72.2 Å². The van der Waals surface area contributed by atoms with E-state index in [-0.39, 0.29) is 12.7 Å². The first-order chi connectivity index (χ1) is 13.8. The molecule has 0 bridgehead atoms. The molecule has 0 radical (unpaired) electrons. The largest absolute Gasteiger partial charge is 0.491 e. The second-order valence-corrected chi connectivity index (χ2v) is 6.53. The van der Waals surface area contributed by atoms with Gasteiger partial charge in [-0.3, -0.25) is 0 Å². The van der Waals surface area contributed by atoms with Crippen molar-refractivity contribution in [2.75, 3.05) is 13.2 Å². The highest BCUT2D eigenvalue weighted by molar-refractivity contribution is 5.89. The molecule has 4 rings (SSSR count). The fraction of sp³-hybridized carbons (Fsp3) is 0.273. The van der Waals surface area contributed by atoms with Gasteiger partial charge in [0.15, 0.2) is 12.4 Å². The van der Waals surface area contributed by atoms with Crippen molar-refractivity contribution in [3.63, 3.8) is 0 Å². The molecule has 6 nitrogen and oxygen atoms in total. The molecule has 0 amide bonds. The number of hydrogen-bond donors (Lipinski definition) is 0. The van der Waals surface area contributed by atoms with Gasteiger partial charge in [-0.15, -0.1) is 0 Å². The summed E-state index contributed by atoms with van der Waals surface area (Å²) >= 11 is 0. The molecular weight excluding hydrogens is 358 g/mol. The summed E-state index contributed by atoms with van der Waals surface area (Å²) in [4.78, 5) is 16.5. The normalized spacial score (nSPS) is 16.1. The zero-order valence-corrected chi connectivity index (χ0v) is 15.4. The van der Waals surface area contributed by atoms with Gasteiger partial charge in [-0.2, -0.15) is 0 Å². The Morgan fingerprint density at radius 3 is 2.86 bits per heavy atom. The highest BCUT2D eigenvalue weighted by Crippen LogP contribution is 2.21. The van der Waals surface area contributed by atoms with Crippen LogP contribution in [0.3, 0.4) is 0 Å². The van der Waals surface area contributed by atoms with Crippen molar-refractivity contribution in [2.24, 2.45) is 0 Å². The molecular formula is C22H21NO5. The Morgan fingerprint density at radius 2 is 2.04 bits per heavy atom. The Labute approximate surface area is 163 Å². The lowest BCUT2D eigenvalue weighted by molar-refractivity contribution is 0.0438. The van der Waals surface area contributed by atoms with Crippen LogP contribution in [0.15, 0.2) is 65.2 Å². The van der Waals surface area contributed by atoms with E-state index in [1.165, 1.54) is 0 Å². The van der Waals surface area contributed by atoms with Crippen LogP contribution in [0.1, 0.15) is 29.1 Å². The van der Waals surface area contributed by atoms with Crippen molar-refractivity contribution in [1.29, 1.82) is 0 Å². The number of hydrogen-bond acceptors (Lipinski definition) is 6. The van der Waals surface area contributed by atoms with Gasteiger partial charge in [0.2, 0.25) is 5.89 Å². The van der Waals surface area contributed by atoms with E-state index in [2.05, 4.69) is 4.98 Å². The van der Waals surface area contributed by atoms with Crippen LogP contribution >= 0.6 is 0 Å². The van der Waals surface area contributed by atoms with Gasteiger partial charge < -0.3 is 18.6 Å². The summed E-state index contributed by atoms with van der Waals surface area (Å²) in [5, 5.41) is 0. The third-order valence-electron chi connectivity index (χ3n) is 4.47. The van der Waals surface area contributed by atoms with E-state index < -0.39 is 5.97 Å². The third-order valence-corrected chi connectivity index (χ3v) is 4.47. The second kappa shape index (κ2) is 8.71. The number of ether oxygens (including phenoxy) is 3. The quantitative estimate of drug-likeness (QED) is 0.572. The fourth-order valence-electron chi connectivity index (χ4n) is 3.00. The van der Waals surface area contributed by atoms with Gasteiger partial charge in [0, 0.05) is 12.2 Å². The van der Waals surface area contributed by atoms with E-state index in [9.17, 15) is 4.79 Å². The van der Waals surface area contributed by atoms with Crippen LogP contribution in [0.2, 0.25) is 0 Å². The highest BCUT2D eigenvalue weighted by atomic mass is 16.5. The minimum atomic E-state index is -0.456. The summed E-state index contributed by atoms with van der Waals surface area (Å²) in [5.41, 5.74) is 1.34. The van der Waals surface area contributed by atoms with Crippen LogP contribution in [0, 0.1) is 0 Å². The molecule has 1 aromatic heterocycles. The summed E-state index contributed by atoms with van der Waals surface area (Å²) in [5.74, 6) is 1.14. The Hall–Kier alpha value is -3.12. The number of rotatable bonds is 7. The second-order valence-electron chi connectivity index (χ2n) is 6.53. The van der Waals surface area contributed by atoms with Gasteiger partial charge in [-0.05, 0) is 31.0 Å². The molecule has 6 heteroatoms. The Balaban J connectivity index is 1.32. The number of oxazole rings is 1. The van der Waals surface area contributed by atoms with Crippen molar-refractivity contribution in [1.82, 2.24) is 4.98 Å². The predicted octanol–water partition coefficient (Wildman–Crippen LogP) is 4.26. The first kappa shape index (κ1) is 18.3. The number of benzene rings is 2. The minimum Gasteiger partial charge on any atom is -0.491 e. The topological polar surface area (TPSA) is 70.8 Å². The minimum absolute atomic E-state index is 0.0351. The first-order valence-electron chi connectivity index (χ1n) is 9.29. The van der Waals surface area contributed by atoms with E-state index in [4.69, 9.17) is 18.6 Å². The maximum absolute atomic E-state index is 12.3. The molecule has 1 atom stereocenters. The summed E-state index contributed by atoms with van der Waals surface area (Å²) in [6, 6.07) is 16.6. The molecule has 2 aromatic carbocycles. The van der Waals surface area contributed by atoms with Crippen LogP contribution in [0.25, 0.3) is 11.3 Å². The molecule has 1 saturated heterocycles. The predicted molar refractivity (Wildman–Crippen MR) is 102 cm³/mol. The van der Waals surface area contributed by atoms with E-state index in [0.717, 1.165) is 25.0 Å². The molecule has 1 aliphatic rings. The average Bonchev–Trinajstić information content (AvgIpc) is 3.43. The van der Waals surface area contributed by atoms with E-state index >= 15 is 0 Å². The smallest absolute Gasteiger partial charge is 0.338 e. The Kier molecular flexibility index (Phi) is 5.68. The van der Waals surface area contributed by atoms with Crippen LogP contribution < -0.4 is 4.74 Å². The maximum atomic E-state index is 12.3. The first-order valence-corrected chi connectivity index (χ1v) is 9.29. The van der Waals surface area contributed by atoms with Gasteiger partial charge in [-0.25, -0.2) is 9.78 Å². The molecule has 2 heterocycles. The molecule has 28 heavy (non-hydrogen) atoms. The average molecular weight is 379 g/mol. The number of aromatic nitrogens is 1. The molecule has 1 fully saturated rings. The van der Waals surface area contributed by atoms with Crippen molar-refractivity contribution in [3.8, 4) is 17.1 Å². The lowest BCUT2D eigenvalue weighted by atomic mass is 10.2. The summed E-state index contributed by atoms with van der Waals surface area (Å²) in [6.07, 6.45) is 3.81. The standard InChI is InChI=1S/C22H21NO5/c24-22(17-8-4-9-18(12-17)26-14-19-10-5-11-25-19)27-15-21-23-13-20(28-21)16-6-2-1-3-7-16/h1-4,6-9,12-13,19H,5,10-11,14-15H2/t19-/m0/s1. The molecule has 0 saturated carbocycles. The van der Waals surface area contributed by atoms with Crippen molar-refractivity contribution >= 4 is 5.97 Å². The Bertz CT molecular complexity index is 915. The molecule has 0 N–H and O–H groups in total. The monoisotopic (exact) mass is 379 g/mol. The van der Waals surface area contributed by atoms with E-state index in [0.29, 0.717) is 29.6 Å². The number of carbonyl (C=O) groups excluding carboxylic acids is 1. The number of nitrogens with zero attached hydrogens (tertiary/aromatic N) is 1. The third kappa shape index (κ3) is 4.58. The van der Waals surface area contributed by atoms with Crippen LogP contribution in [0.5, 0.6) is 5.75 Å². The maximum Gasteiger partial charge on any atom is 0.338 e. The van der Waals surface area contributed by atoms with E-state index in [1.54, 1.807) is 24.4 Å². The van der Waals surface area contributed by atoms with Gasteiger partial charge in [0.1, 0.15) is 12.4 Å². The Morgan fingerprint density at radius 1 is 1.14 bits per heavy atom. The van der Waals surface area contributed by atoms with Crippen LogP contribution in [0.4, 0.5) is 0 Å². The highest BCUT2D eigenvalue weighted by Gasteiger charge is 2.17. The van der Waals surface area contributed by atoms with Crippen molar-refractivity contribution < 1.29 is 23.4 Å². The van der Waals surface area contributed by atoms with Crippen LogP contribution in [-0.2, 0) is 16.1 Å². The molecule has 3 aromatic rings. The number of carbonyl (C=O) groups is 1.